The number of carbonyl (C=O) groups excluding carboxylic acids is 4. The van der Waals surface area contributed by atoms with E-state index in [1.54, 1.807) is 38.5 Å². The number of cyclic esters (lactones) is 1. The van der Waals surface area contributed by atoms with E-state index in [2.05, 4.69) is 6.92 Å². The first-order valence-corrected chi connectivity index (χ1v) is 14.3. The van der Waals surface area contributed by atoms with E-state index >= 15 is 0 Å². The fraction of sp³-hybridized carbons (Fsp3) is 0.625. The van der Waals surface area contributed by atoms with E-state index in [9.17, 15) is 24.3 Å². The van der Waals surface area contributed by atoms with Crippen LogP contribution in [0.3, 0.4) is 0 Å². The molecule has 2 saturated carbocycles. The standard InChI is InChI=1S/C32H40O9/c1-8-16(2)28(36)41-27-19-13-18-20(32(6,25(19)35)24(30(27,3)4)23(34)29(37)38-7)9-11-31(5)21(18)14-22(33)40-26(31)17-10-12-39-15-17/h8,10,12-13,15,19-21,23-24,26-27,34H,9,11,14H2,1-7H3/b16-8+/t19-,20+,21+,23-,24+,26+,27-,31-,32-/m1/s1. The molecule has 2 bridgehead atoms. The van der Waals surface area contributed by atoms with Crippen molar-refractivity contribution in [3.63, 3.8) is 0 Å². The number of methoxy groups -OCH3 is 1. The highest BCUT2D eigenvalue weighted by molar-refractivity contribution is 5.95. The van der Waals surface area contributed by atoms with Gasteiger partial charge >= 0.3 is 17.9 Å². The third kappa shape index (κ3) is 4.14. The molecule has 0 radical (unpaired) electrons. The average molecular weight is 569 g/mol. The van der Waals surface area contributed by atoms with Gasteiger partial charge in [0.25, 0.3) is 0 Å². The highest BCUT2D eigenvalue weighted by Gasteiger charge is 2.70. The van der Waals surface area contributed by atoms with Crippen molar-refractivity contribution in [2.45, 2.75) is 79.1 Å². The number of ketones is 1. The molecule has 1 aromatic rings. The third-order valence-corrected chi connectivity index (χ3v) is 10.8. The molecule has 3 fully saturated rings. The molecule has 5 rings (SSSR count). The maximum absolute atomic E-state index is 14.5. The summed E-state index contributed by atoms with van der Waals surface area (Å²) >= 11 is 0. The molecule has 1 aromatic heterocycles. The quantitative estimate of drug-likeness (QED) is 0.236. The number of carbonyl (C=O) groups is 4. The number of aliphatic hydroxyl groups excluding tert-OH is 1. The number of fused-ring (bicyclic) bond motifs is 6. The Bertz CT molecular complexity index is 1320. The number of rotatable bonds is 5. The molecule has 3 aliphatic carbocycles. The number of furan rings is 1. The van der Waals surface area contributed by atoms with E-state index in [1.165, 1.54) is 7.11 Å². The first-order valence-electron chi connectivity index (χ1n) is 14.3. The molecule has 0 unspecified atom stereocenters. The number of hydrogen-bond donors (Lipinski definition) is 1. The number of allylic oxidation sites excluding steroid dienone is 2. The van der Waals surface area contributed by atoms with Crippen LogP contribution < -0.4 is 0 Å². The Hall–Kier alpha value is -3.20. The molecule has 0 amide bonds. The van der Waals surface area contributed by atoms with Gasteiger partial charge in [-0.3, -0.25) is 9.59 Å². The summed E-state index contributed by atoms with van der Waals surface area (Å²) < 4.78 is 22.2. The monoisotopic (exact) mass is 568 g/mol. The smallest absolute Gasteiger partial charge is 0.335 e. The Morgan fingerprint density at radius 2 is 1.88 bits per heavy atom. The summed E-state index contributed by atoms with van der Waals surface area (Å²) in [5.41, 5.74) is -0.563. The third-order valence-electron chi connectivity index (χ3n) is 10.8. The van der Waals surface area contributed by atoms with Gasteiger partial charge in [0.05, 0.1) is 32.0 Å². The predicted octanol–water partition coefficient (Wildman–Crippen LogP) is 4.50. The Morgan fingerprint density at radius 1 is 1.17 bits per heavy atom. The van der Waals surface area contributed by atoms with Crippen molar-refractivity contribution in [3.8, 4) is 0 Å². The molecule has 1 saturated heterocycles. The van der Waals surface area contributed by atoms with Gasteiger partial charge in [0, 0.05) is 33.3 Å². The SMILES string of the molecule is C/C=C(\C)C(=O)O[C@@H]1[C@@H]2C=C3[C@@H]4CC(=O)O[C@@H](c5ccoc5)[C@]4(C)CC[C@@H]3[C@@](C)(C2=O)[C@@H]([C@@H](O)C(=O)OC)C1(C)C. The normalized spacial score (nSPS) is 38.5. The number of aliphatic hydroxyl groups is 1. The predicted molar refractivity (Wildman–Crippen MR) is 146 cm³/mol. The van der Waals surface area contributed by atoms with Crippen LogP contribution in [0.25, 0.3) is 0 Å². The molecule has 1 N–H and O–H groups in total. The zero-order valence-corrected chi connectivity index (χ0v) is 24.8. The van der Waals surface area contributed by atoms with Crippen molar-refractivity contribution < 1.29 is 42.9 Å². The lowest BCUT2D eigenvalue weighted by Crippen LogP contribution is -2.69. The molecule has 9 heteroatoms. The van der Waals surface area contributed by atoms with Crippen LogP contribution in [0.4, 0.5) is 0 Å². The number of hydrogen-bond acceptors (Lipinski definition) is 9. The Balaban J connectivity index is 1.69. The van der Waals surface area contributed by atoms with E-state index in [0.717, 1.165) is 11.1 Å². The van der Waals surface area contributed by atoms with E-state index in [0.29, 0.717) is 18.4 Å². The van der Waals surface area contributed by atoms with Gasteiger partial charge < -0.3 is 23.7 Å². The minimum Gasteiger partial charge on any atom is -0.472 e. The van der Waals surface area contributed by atoms with Crippen LogP contribution in [0.2, 0.25) is 0 Å². The topological polar surface area (TPSA) is 129 Å². The van der Waals surface area contributed by atoms with E-state index < -0.39 is 58.3 Å². The molecule has 4 aliphatic rings. The Kier molecular flexibility index (Phi) is 7.12. The molecular formula is C32H40O9. The van der Waals surface area contributed by atoms with Crippen molar-refractivity contribution in [1.82, 2.24) is 0 Å². The summed E-state index contributed by atoms with van der Waals surface area (Å²) in [6.45, 7) is 11.0. The van der Waals surface area contributed by atoms with Crippen molar-refractivity contribution in [3.05, 3.63) is 47.5 Å². The molecule has 0 aromatic carbocycles. The van der Waals surface area contributed by atoms with Crippen molar-refractivity contribution in [2.24, 2.45) is 39.9 Å². The second-order valence-corrected chi connectivity index (χ2v) is 13.2. The molecule has 1 aliphatic heterocycles. The van der Waals surface area contributed by atoms with Gasteiger partial charge in [0.2, 0.25) is 0 Å². The maximum atomic E-state index is 14.5. The summed E-state index contributed by atoms with van der Waals surface area (Å²) in [4.78, 5) is 53.4. The molecule has 222 valence electrons. The summed E-state index contributed by atoms with van der Waals surface area (Å²) in [7, 11) is 1.20. The second kappa shape index (κ2) is 9.96. The van der Waals surface area contributed by atoms with Gasteiger partial charge in [-0.15, -0.1) is 0 Å². The lowest BCUT2D eigenvalue weighted by molar-refractivity contribution is -0.208. The zero-order valence-electron chi connectivity index (χ0n) is 24.8. The van der Waals surface area contributed by atoms with Crippen molar-refractivity contribution in [2.75, 3.05) is 7.11 Å². The van der Waals surface area contributed by atoms with Gasteiger partial charge in [-0.05, 0) is 44.6 Å². The molecule has 41 heavy (non-hydrogen) atoms. The summed E-state index contributed by atoms with van der Waals surface area (Å²) in [5.74, 6) is -4.27. The fourth-order valence-corrected chi connectivity index (χ4v) is 8.68. The number of ether oxygens (including phenoxy) is 3. The lowest BCUT2D eigenvalue weighted by Gasteiger charge is -2.64. The molecular weight excluding hydrogens is 528 g/mol. The maximum Gasteiger partial charge on any atom is 0.335 e. The summed E-state index contributed by atoms with van der Waals surface area (Å²) in [5, 5.41) is 11.5. The largest absolute Gasteiger partial charge is 0.472 e. The van der Waals surface area contributed by atoms with Crippen LogP contribution in [0.15, 0.2) is 46.3 Å². The molecule has 2 heterocycles. The van der Waals surface area contributed by atoms with E-state index in [1.807, 2.05) is 26.8 Å². The van der Waals surface area contributed by atoms with Crippen LogP contribution in [-0.4, -0.2) is 48.1 Å². The Morgan fingerprint density at radius 3 is 2.49 bits per heavy atom. The molecule has 9 atom stereocenters. The van der Waals surface area contributed by atoms with Gasteiger partial charge in [0.15, 0.2) is 6.10 Å². The van der Waals surface area contributed by atoms with Crippen LogP contribution >= 0.6 is 0 Å². The summed E-state index contributed by atoms with van der Waals surface area (Å²) in [6.07, 6.45) is 4.96. The molecule has 9 nitrogen and oxygen atoms in total. The first kappa shape index (κ1) is 29.3. The van der Waals surface area contributed by atoms with E-state index in [-0.39, 0.29) is 30.0 Å². The van der Waals surface area contributed by atoms with E-state index in [4.69, 9.17) is 18.6 Å². The Labute approximate surface area is 240 Å². The minimum absolute atomic E-state index is 0.139. The highest BCUT2D eigenvalue weighted by Crippen LogP contribution is 2.68. The molecule has 0 spiro atoms. The van der Waals surface area contributed by atoms with Gasteiger partial charge in [0.1, 0.15) is 18.0 Å². The van der Waals surface area contributed by atoms with Gasteiger partial charge in [-0.25, -0.2) is 9.59 Å². The lowest BCUT2D eigenvalue weighted by atomic mass is 9.40. The van der Waals surface area contributed by atoms with Crippen LogP contribution in [0, 0.1) is 39.9 Å². The van der Waals surface area contributed by atoms with Crippen molar-refractivity contribution >= 4 is 23.7 Å². The fourth-order valence-electron chi connectivity index (χ4n) is 8.68. The summed E-state index contributed by atoms with van der Waals surface area (Å²) in [6, 6.07) is 1.80. The average Bonchev–Trinajstić information content (AvgIpc) is 3.46. The minimum atomic E-state index is -1.63. The van der Waals surface area contributed by atoms with Gasteiger partial charge in [-0.2, -0.15) is 0 Å². The van der Waals surface area contributed by atoms with Gasteiger partial charge in [-0.1, -0.05) is 45.4 Å². The first-order chi connectivity index (χ1) is 19.2. The van der Waals surface area contributed by atoms with Crippen LogP contribution in [0.5, 0.6) is 0 Å². The second-order valence-electron chi connectivity index (χ2n) is 13.2. The van der Waals surface area contributed by atoms with Crippen LogP contribution in [-0.2, 0) is 33.4 Å². The van der Waals surface area contributed by atoms with Crippen molar-refractivity contribution in [1.29, 1.82) is 0 Å². The van der Waals surface area contributed by atoms with Crippen LogP contribution in [0.1, 0.15) is 72.5 Å². The highest BCUT2D eigenvalue weighted by atomic mass is 16.6. The number of esters is 3. The zero-order chi connectivity index (χ0) is 30.1. The number of Topliss-reactive ketones (excluding diaryl/α,β-unsaturated/α-hetero) is 1.